The molecule has 172 valence electrons. The first-order chi connectivity index (χ1) is 15.3. The van der Waals surface area contributed by atoms with Crippen LogP contribution in [0.2, 0.25) is 0 Å². The Morgan fingerprint density at radius 3 is 2.53 bits per heavy atom. The van der Waals surface area contributed by atoms with Gasteiger partial charge in [-0.1, -0.05) is 6.07 Å². The number of anilines is 1. The maximum absolute atomic E-state index is 12.9. The fourth-order valence-electron chi connectivity index (χ4n) is 4.13. The molecule has 32 heavy (non-hydrogen) atoms. The van der Waals surface area contributed by atoms with Crippen molar-refractivity contribution in [2.75, 3.05) is 25.1 Å². The molecule has 2 atom stereocenters. The van der Waals surface area contributed by atoms with E-state index in [-0.39, 0.29) is 17.7 Å². The predicted molar refractivity (Wildman–Crippen MR) is 112 cm³/mol. The molecule has 1 fully saturated rings. The van der Waals surface area contributed by atoms with Gasteiger partial charge in [-0.05, 0) is 68.3 Å². The number of ether oxygens (including phenoxy) is 3. The van der Waals surface area contributed by atoms with Crippen molar-refractivity contribution in [1.82, 2.24) is 4.90 Å². The van der Waals surface area contributed by atoms with Gasteiger partial charge in [0, 0.05) is 18.2 Å². The number of nitrogens with one attached hydrogen (secondary N) is 1. The van der Waals surface area contributed by atoms with Gasteiger partial charge in [0.2, 0.25) is 5.91 Å². The van der Waals surface area contributed by atoms with Crippen LogP contribution in [0.15, 0.2) is 42.5 Å². The number of likely N-dealkylation sites (tertiary alicyclic amines) is 1. The number of fused-ring (bicyclic) bond motifs is 1. The van der Waals surface area contributed by atoms with Crippen molar-refractivity contribution < 1.29 is 32.2 Å². The van der Waals surface area contributed by atoms with Crippen LogP contribution in [0.3, 0.4) is 0 Å². The van der Waals surface area contributed by atoms with Crippen LogP contribution in [0.25, 0.3) is 0 Å². The second-order valence-electron chi connectivity index (χ2n) is 7.89. The lowest BCUT2D eigenvalue weighted by atomic mass is 10.0. The van der Waals surface area contributed by atoms with E-state index in [1.54, 1.807) is 0 Å². The van der Waals surface area contributed by atoms with Crippen LogP contribution in [0.1, 0.15) is 37.8 Å². The van der Waals surface area contributed by atoms with Crippen molar-refractivity contribution in [1.29, 1.82) is 0 Å². The summed E-state index contributed by atoms with van der Waals surface area (Å²) in [6.07, 6.45) is -2.04. The highest BCUT2D eigenvalue weighted by Crippen LogP contribution is 2.39. The molecule has 0 spiro atoms. The van der Waals surface area contributed by atoms with E-state index in [2.05, 4.69) is 15.0 Å². The second kappa shape index (κ2) is 9.28. The summed E-state index contributed by atoms with van der Waals surface area (Å²) < 4.78 is 52.3. The van der Waals surface area contributed by atoms with Crippen LogP contribution in [0.4, 0.5) is 18.9 Å². The Morgan fingerprint density at radius 1 is 1.09 bits per heavy atom. The molecule has 6 nitrogen and oxygen atoms in total. The zero-order valence-electron chi connectivity index (χ0n) is 17.7. The number of carbonyl (C=O) groups is 1. The van der Waals surface area contributed by atoms with Crippen LogP contribution in [0.5, 0.6) is 17.2 Å². The molecule has 2 aromatic rings. The highest BCUT2D eigenvalue weighted by molar-refractivity contribution is 5.94. The molecule has 4 rings (SSSR count). The quantitative estimate of drug-likeness (QED) is 0.702. The first-order valence-corrected chi connectivity index (χ1v) is 10.6. The number of benzene rings is 2. The summed E-state index contributed by atoms with van der Waals surface area (Å²) in [6.45, 7) is 3.84. The van der Waals surface area contributed by atoms with Crippen molar-refractivity contribution >= 4 is 11.6 Å². The first kappa shape index (κ1) is 22.3. The van der Waals surface area contributed by atoms with Crippen molar-refractivity contribution in [2.45, 2.75) is 44.6 Å². The smallest absolute Gasteiger partial charge is 0.490 e. The topological polar surface area (TPSA) is 60.0 Å². The molecule has 1 N–H and O–H groups in total. The molecule has 2 aliphatic heterocycles. The van der Waals surface area contributed by atoms with E-state index in [1.807, 2.05) is 25.1 Å². The van der Waals surface area contributed by atoms with E-state index < -0.39 is 12.4 Å². The third-order valence-corrected chi connectivity index (χ3v) is 5.68. The Balaban J connectivity index is 1.42. The Kier molecular flexibility index (Phi) is 6.45. The van der Waals surface area contributed by atoms with Crippen LogP contribution >= 0.6 is 0 Å². The van der Waals surface area contributed by atoms with Gasteiger partial charge >= 0.3 is 6.36 Å². The molecule has 1 amide bonds. The van der Waals surface area contributed by atoms with Gasteiger partial charge in [0.15, 0.2) is 11.5 Å². The highest BCUT2D eigenvalue weighted by atomic mass is 19.4. The molecule has 0 bridgehead atoms. The van der Waals surface area contributed by atoms with Gasteiger partial charge in [0.25, 0.3) is 0 Å². The summed E-state index contributed by atoms with van der Waals surface area (Å²) >= 11 is 0. The molecule has 0 unspecified atom stereocenters. The van der Waals surface area contributed by atoms with Crippen LogP contribution in [-0.2, 0) is 4.79 Å². The molecule has 2 heterocycles. The minimum absolute atomic E-state index is 0.0652. The summed E-state index contributed by atoms with van der Waals surface area (Å²) in [5.41, 5.74) is 1.47. The van der Waals surface area contributed by atoms with Gasteiger partial charge in [-0.15, -0.1) is 13.2 Å². The number of rotatable bonds is 5. The lowest BCUT2D eigenvalue weighted by molar-refractivity contribution is -0.274. The van der Waals surface area contributed by atoms with Crippen LogP contribution in [-0.4, -0.2) is 43.0 Å². The Hall–Kier alpha value is -2.94. The Bertz CT molecular complexity index is 949. The van der Waals surface area contributed by atoms with Crippen LogP contribution in [0, 0.1) is 0 Å². The lowest BCUT2D eigenvalue weighted by Crippen LogP contribution is -2.41. The predicted octanol–water partition coefficient (Wildman–Crippen LogP) is 4.91. The number of nitrogens with zero attached hydrogens (tertiary/aromatic N) is 1. The van der Waals surface area contributed by atoms with Crippen molar-refractivity contribution in [3.63, 3.8) is 0 Å². The standard InChI is InChI=1S/C23H25F3N2O4/c1-15(22(29)27-17-6-8-18(9-7-17)32-23(24,25)26)28-11-2-4-19(28)16-5-10-20-21(14-16)31-13-3-12-30-20/h5-10,14-15,19H,2-4,11-13H2,1H3,(H,27,29)/t15-,19+/m0/s1. The van der Waals surface area contributed by atoms with Gasteiger partial charge in [0.05, 0.1) is 19.3 Å². The fourth-order valence-corrected chi connectivity index (χ4v) is 4.13. The number of carbonyl (C=O) groups excluding carboxylic acids is 1. The van der Waals surface area contributed by atoms with E-state index in [4.69, 9.17) is 9.47 Å². The molecule has 2 aromatic carbocycles. The summed E-state index contributed by atoms with van der Waals surface area (Å²) in [7, 11) is 0. The molecule has 9 heteroatoms. The van der Waals surface area contributed by atoms with Gasteiger partial charge in [-0.25, -0.2) is 0 Å². The normalized spacial score (nSPS) is 19.8. The number of alkyl halides is 3. The molecule has 0 radical (unpaired) electrons. The number of hydrogen-bond donors (Lipinski definition) is 1. The van der Waals surface area contributed by atoms with Crippen molar-refractivity contribution in [2.24, 2.45) is 0 Å². The third-order valence-electron chi connectivity index (χ3n) is 5.68. The zero-order valence-corrected chi connectivity index (χ0v) is 17.7. The molecule has 0 aliphatic carbocycles. The minimum atomic E-state index is -4.75. The first-order valence-electron chi connectivity index (χ1n) is 10.6. The van der Waals surface area contributed by atoms with Crippen LogP contribution < -0.4 is 19.5 Å². The van der Waals surface area contributed by atoms with Gasteiger partial charge in [0.1, 0.15) is 5.75 Å². The summed E-state index contributed by atoms with van der Waals surface area (Å²) in [4.78, 5) is 15.0. The molecule has 2 aliphatic rings. The molecule has 1 saturated heterocycles. The van der Waals surface area contributed by atoms with Gasteiger partial charge < -0.3 is 19.5 Å². The largest absolute Gasteiger partial charge is 0.573 e. The van der Waals surface area contributed by atoms with Crippen molar-refractivity contribution in [3.05, 3.63) is 48.0 Å². The van der Waals surface area contributed by atoms with E-state index in [0.29, 0.717) is 18.9 Å². The molecular weight excluding hydrogens is 425 g/mol. The maximum Gasteiger partial charge on any atom is 0.573 e. The van der Waals surface area contributed by atoms with E-state index in [1.165, 1.54) is 24.3 Å². The Morgan fingerprint density at radius 2 is 1.81 bits per heavy atom. The highest BCUT2D eigenvalue weighted by Gasteiger charge is 2.34. The number of amides is 1. The summed E-state index contributed by atoms with van der Waals surface area (Å²) in [5, 5.41) is 2.78. The second-order valence-corrected chi connectivity index (χ2v) is 7.89. The third kappa shape index (κ3) is 5.27. The maximum atomic E-state index is 12.9. The molecule has 0 aromatic heterocycles. The fraction of sp³-hybridized carbons (Fsp3) is 0.435. The van der Waals surface area contributed by atoms with Gasteiger partial charge in [-0.2, -0.15) is 0 Å². The van der Waals surface area contributed by atoms with E-state index in [9.17, 15) is 18.0 Å². The SMILES string of the molecule is C[C@@H](C(=O)Nc1ccc(OC(F)(F)F)cc1)N1CCC[C@@H]1c1ccc2c(c1)OCCCO2. The minimum Gasteiger partial charge on any atom is -0.490 e. The summed E-state index contributed by atoms with van der Waals surface area (Å²) in [6, 6.07) is 10.7. The summed E-state index contributed by atoms with van der Waals surface area (Å²) in [5.74, 6) is 0.901. The monoisotopic (exact) mass is 450 g/mol. The lowest BCUT2D eigenvalue weighted by Gasteiger charge is -2.30. The number of hydrogen-bond acceptors (Lipinski definition) is 5. The zero-order chi connectivity index (χ0) is 22.7. The molecule has 0 saturated carbocycles. The average molecular weight is 450 g/mol. The van der Waals surface area contributed by atoms with E-state index >= 15 is 0 Å². The Labute approximate surface area is 184 Å². The average Bonchev–Trinajstić information content (AvgIpc) is 3.12. The van der Waals surface area contributed by atoms with Crippen molar-refractivity contribution in [3.8, 4) is 17.2 Å². The van der Waals surface area contributed by atoms with E-state index in [0.717, 1.165) is 42.9 Å². The molecular formula is C23H25F3N2O4. The number of halogens is 3. The van der Waals surface area contributed by atoms with Gasteiger partial charge in [-0.3, -0.25) is 9.69 Å².